The first-order valence-electron chi connectivity index (χ1n) is 32.0. The number of allylic oxidation sites excluding steroid dienone is 20. The molecule has 0 rings (SSSR count). The van der Waals surface area contributed by atoms with Crippen LogP contribution in [0.25, 0.3) is 0 Å². The zero-order valence-corrected chi connectivity index (χ0v) is 50.2. The highest BCUT2D eigenvalue weighted by Crippen LogP contribution is 2.15. The first kappa shape index (κ1) is 72.8. The summed E-state index contributed by atoms with van der Waals surface area (Å²) in [5, 5.41) is 0. The topological polar surface area (TPSA) is 78.9 Å². The molecule has 0 aliphatic rings. The lowest BCUT2D eigenvalue weighted by molar-refractivity contribution is -0.167. The van der Waals surface area contributed by atoms with E-state index in [0.29, 0.717) is 19.3 Å². The molecule has 0 fully saturated rings. The van der Waals surface area contributed by atoms with Gasteiger partial charge >= 0.3 is 17.9 Å². The van der Waals surface area contributed by atoms with Gasteiger partial charge in [0.15, 0.2) is 6.10 Å². The van der Waals surface area contributed by atoms with Gasteiger partial charge in [-0.1, -0.05) is 277 Å². The fourth-order valence-corrected chi connectivity index (χ4v) is 8.67. The normalized spacial score (nSPS) is 12.9. The van der Waals surface area contributed by atoms with Crippen molar-refractivity contribution in [3.05, 3.63) is 122 Å². The van der Waals surface area contributed by atoms with Gasteiger partial charge in [-0.3, -0.25) is 14.4 Å². The average molecular weight is 1070 g/mol. The van der Waals surface area contributed by atoms with E-state index in [1.807, 2.05) is 0 Å². The molecular weight excluding hydrogens is 949 g/mol. The van der Waals surface area contributed by atoms with E-state index in [-0.39, 0.29) is 31.1 Å². The zero-order valence-electron chi connectivity index (χ0n) is 50.2. The number of esters is 3. The molecule has 438 valence electrons. The highest BCUT2D eigenvalue weighted by atomic mass is 16.6. The molecule has 77 heavy (non-hydrogen) atoms. The Morgan fingerprint density at radius 3 is 0.805 bits per heavy atom. The second kappa shape index (κ2) is 64.3. The molecule has 0 aliphatic carbocycles. The van der Waals surface area contributed by atoms with Gasteiger partial charge in [-0.05, 0) is 116 Å². The maximum Gasteiger partial charge on any atom is 0.306 e. The zero-order chi connectivity index (χ0) is 55.7. The van der Waals surface area contributed by atoms with Crippen LogP contribution in [0, 0.1) is 0 Å². The Balaban J connectivity index is 4.27. The summed E-state index contributed by atoms with van der Waals surface area (Å²) in [5.74, 6) is -0.913. The Bertz CT molecular complexity index is 1600. The minimum absolute atomic E-state index is 0.0868. The van der Waals surface area contributed by atoms with Crippen LogP contribution in [0.2, 0.25) is 0 Å². The van der Waals surface area contributed by atoms with Crippen molar-refractivity contribution in [2.75, 3.05) is 13.2 Å². The van der Waals surface area contributed by atoms with Gasteiger partial charge in [0.25, 0.3) is 0 Å². The summed E-state index contributed by atoms with van der Waals surface area (Å²) in [6.45, 7) is 6.50. The molecule has 0 amide bonds. The van der Waals surface area contributed by atoms with Crippen molar-refractivity contribution in [1.29, 1.82) is 0 Å². The predicted octanol–water partition coefficient (Wildman–Crippen LogP) is 22.0. The standard InChI is InChI=1S/C71H118O6/c1-4-7-10-13-16-19-22-24-26-28-29-30-31-32-33-34-35-36-37-38-39-40-41-42-43-44-46-47-49-52-55-58-61-64-70(73)76-67-68(66-75-69(72)63-60-57-54-51-21-18-15-12-9-6-3)77-71(74)65-62-59-56-53-50-48-45-27-25-23-20-17-14-11-8-5-2/h7,10,16,19,24,26-27,29-30,32-33,35-36,38-39,41-42,44-46,68H,4-6,8-9,11-15,17-18,20-23,25,28,31,34,37,40,43,47-67H2,1-3H3/b10-7-,19-16-,26-24-,30-29-,33-32-,36-35-,39-38-,42-41-,45-27-,46-44-. The van der Waals surface area contributed by atoms with E-state index in [9.17, 15) is 14.4 Å². The van der Waals surface area contributed by atoms with Crippen LogP contribution in [-0.2, 0) is 28.6 Å². The summed E-state index contributed by atoms with van der Waals surface area (Å²) in [6, 6.07) is 0. The van der Waals surface area contributed by atoms with Gasteiger partial charge in [0.05, 0.1) is 0 Å². The largest absolute Gasteiger partial charge is 0.462 e. The molecule has 1 unspecified atom stereocenters. The number of rotatable bonds is 57. The lowest BCUT2D eigenvalue weighted by atomic mass is 10.1. The van der Waals surface area contributed by atoms with Gasteiger partial charge in [0.2, 0.25) is 0 Å². The Morgan fingerprint density at radius 2 is 0.506 bits per heavy atom. The van der Waals surface area contributed by atoms with Crippen molar-refractivity contribution >= 4 is 17.9 Å². The molecular formula is C71H118O6. The van der Waals surface area contributed by atoms with Gasteiger partial charge < -0.3 is 14.2 Å². The van der Waals surface area contributed by atoms with Crippen LogP contribution in [0.15, 0.2) is 122 Å². The van der Waals surface area contributed by atoms with Crippen molar-refractivity contribution in [1.82, 2.24) is 0 Å². The average Bonchev–Trinajstić information content (AvgIpc) is 3.43. The molecule has 0 spiro atoms. The van der Waals surface area contributed by atoms with E-state index in [1.54, 1.807) is 0 Å². The van der Waals surface area contributed by atoms with E-state index in [1.165, 1.54) is 103 Å². The van der Waals surface area contributed by atoms with Gasteiger partial charge in [-0.15, -0.1) is 0 Å². The third kappa shape index (κ3) is 62.5. The Labute approximate surface area is 475 Å². The number of hydrogen-bond donors (Lipinski definition) is 0. The highest BCUT2D eigenvalue weighted by Gasteiger charge is 2.19. The lowest BCUT2D eigenvalue weighted by Gasteiger charge is -2.18. The van der Waals surface area contributed by atoms with E-state index in [4.69, 9.17) is 14.2 Å². The second-order valence-electron chi connectivity index (χ2n) is 20.9. The number of carbonyl (C=O) groups is 3. The summed E-state index contributed by atoms with van der Waals surface area (Å²) in [4.78, 5) is 38.2. The molecule has 0 aliphatic heterocycles. The molecule has 0 saturated heterocycles. The van der Waals surface area contributed by atoms with Crippen molar-refractivity contribution < 1.29 is 28.6 Å². The third-order valence-corrected chi connectivity index (χ3v) is 13.5. The van der Waals surface area contributed by atoms with Gasteiger partial charge in [-0.2, -0.15) is 0 Å². The SMILES string of the molecule is CC/C=C\C/C=C\C/C=C\C/C=C\C/C=C\C/C=C\C/C=C\C/C=C\C/C=C\CCCCCCCC(=O)OCC(COC(=O)CCCCCCCCCCCC)OC(=O)CCCCCCC/C=C\CCCCCCCCC. The monoisotopic (exact) mass is 1070 g/mol. The second-order valence-corrected chi connectivity index (χ2v) is 20.9. The fraction of sp³-hybridized carbons (Fsp3) is 0.676. The lowest BCUT2D eigenvalue weighted by Crippen LogP contribution is -2.30. The number of unbranched alkanes of at least 4 members (excludes halogenated alkanes) is 26. The van der Waals surface area contributed by atoms with Crippen LogP contribution < -0.4 is 0 Å². The van der Waals surface area contributed by atoms with Crippen LogP contribution in [0.5, 0.6) is 0 Å². The first-order valence-corrected chi connectivity index (χ1v) is 32.0. The quantitative estimate of drug-likeness (QED) is 0.0261. The maximum absolute atomic E-state index is 12.9. The number of ether oxygens (including phenoxy) is 3. The summed E-state index contributed by atoms with van der Waals surface area (Å²) in [6.07, 6.45) is 89.2. The molecule has 0 aromatic heterocycles. The van der Waals surface area contributed by atoms with E-state index in [0.717, 1.165) is 148 Å². The van der Waals surface area contributed by atoms with Crippen LogP contribution >= 0.6 is 0 Å². The maximum atomic E-state index is 12.9. The summed E-state index contributed by atoms with van der Waals surface area (Å²) in [7, 11) is 0. The van der Waals surface area contributed by atoms with E-state index < -0.39 is 6.10 Å². The third-order valence-electron chi connectivity index (χ3n) is 13.5. The molecule has 6 heteroatoms. The van der Waals surface area contributed by atoms with Crippen LogP contribution in [0.1, 0.15) is 290 Å². The summed E-state index contributed by atoms with van der Waals surface area (Å²) in [5.41, 5.74) is 0. The molecule has 0 aromatic rings. The molecule has 0 radical (unpaired) electrons. The van der Waals surface area contributed by atoms with Crippen molar-refractivity contribution in [2.45, 2.75) is 297 Å². The minimum Gasteiger partial charge on any atom is -0.462 e. The van der Waals surface area contributed by atoms with E-state index in [2.05, 4.69) is 142 Å². The first-order chi connectivity index (χ1) is 38.0. The molecule has 0 bridgehead atoms. The van der Waals surface area contributed by atoms with Crippen molar-refractivity contribution in [3.63, 3.8) is 0 Å². The van der Waals surface area contributed by atoms with Crippen molar-refractivity contribution in [2.24, 2.45) is 0 Å². The number of carbonyl (C=O) groups excluding carboxylic acids is 3. The minimum atomic E-state index is -0.791. The molecule has 1 atom stereocenters. The molecule has 6 nitrogen and oxygen atoms in total. The Hall–Kier alpha value is -4.19. The molecule has 0 saturated carbocycles. The van der Waals surface area contributed by atoms with Gasteiger partial charge in [0.1, 0.15) is 13.2 Å². The van der Waals surface area contributed by atoms with Gasteiger partial charge in [0, 0.05) is 19.3 Å². The Kier molecular flexibility index (Phi) is 60.8. The fourth-order valence-electron chi connectivity index (χ4n) is 8.67. The van der Waals surface area contributed by atoms with Crippen LogP contribution in [0.3, 0.4) is 0 Å². The van der Waals surface area contributed by atoms with Crippen molar-refractivity contribution in [3.8, 4) is 0 Å². The van der Waals surface area contributed by atoms with Crippen LogP contribution in [-0.4, -0.2) is 37.2 Å². The predicted molar refractivity (Wildman–Crippen MR) is 334 cm³/mol. The molecule has 0 N–H and O–H groups in total. The Morgan fingerprint density at radius 1 is 0.273 bits per heavy atom. The summed E-state index contributed by atoms with van der Waals surface area (Å²) < 4.78 is 16.9. The highest BCUT2D eigenvalue weighted by molar-refractivity contribution is 5.71. The number of hydrogen-bond acceptors (Lipinski definition) is 6. The summed E-state index contributed by atoms with van der Waals surface area (Å²) >= 11 is 0. The van der Waals surface area contributed by atoms with Gasteiger partial charge in [-0.25, -0.2) is 0 Å². The molecule has 0 heterocycles. The van der Waals surface area contributed by atoms with E-state index >= 15 is 0 Å². The van der Waals surface area contributed by atoms with Crippen LogP contribution in [0.4, 0.5) is 0 Å². The molecule has 0 aromatic carbocycles. The smallest absolute Gasteiger partial charge is 0.306 e.